The quantitative estimate of drug-likeness (QED) is 0.788. The molecule has 9 heteroatoms. The van der Waals surface area contributed by atoms with E-state index in [0.717, 1.165) is 30.6 Å². The number of nitrogens with one attached hydrogen (secondary N) is 1. The highest BCUT2D eigenvalue weighted by atomic mass is 35.5. The van der Waals surface area contributed by atoms with Gasteiger partial charge in [0.25, 0.3) is 5.88 Å². The summed E-state index contributed by atoms with van der Waals surface area (Å²) in [4.78, 5) is 2.10. The van der Waals surface area contributed by atoms with Crippen molar-refractivity contribution < 1.29 is 14.6 Å². The number of β-amino-alcohol motifs (C(OH)–C–C–N with tert-alkyl or cyclic N) is 1. The van der Waals surface area contributed by atoms with Crippen LogP contribution in [0.3, 0.4) is 0 Å². The maximum Gasteiger partial charge on any atom is 0.270 e. The molecule has 0 saturated carbocycles. The van der Waals surface area contributed by atoms with E-state index in [0.29, 0.717) is 25.6 Å². The van der Waals surface area contributed by atoms with E-state index in [2.05, 4.69) is 39.7 Å². The third kappa shape index (κ3) is 6.21. The van der Waals surface area contributed by atoms with Crippen LogP contribution in [0.4, 0.5) is 5.82 Å². The van der Waals surface area contributed by atoms with E-state index in [9.17, 15) is 5.11 Å². The third-order valence-corrected chi connectivity index (χ3v) is 3.54. The Hall–Kier alpha value is -0.670. The molecule has 128 valence electrons. The normalized spacial score (nSPS) is 17.0. The number of ether oxygens (including phenoxy) is 2. The highest BCUT2D eigenvalue weighted by Gasteiger charge is 2.21. The average Bonchev–Trinajstić information content (AvgIpc) is 2.91. The van der Waals surface area contributed by atoms with Crippen LogP contribution in [0.2, 0.25) is 0 Å². The molecule has 1 aliphatic rings. The van der Waals surface area contributed by atoms with Crippen LogP contribution in [-0.4, -0.2) is 65.0 Å². The highest BCUT2D eigenvalue weighted by molar-refractivity contribution is 6.99. The van der Waals surface area contributed by atoms with Crippen molar-refractivity contribution >= 4 is 30.0 Å². The van der Waals surface area contributed by atoms with Crippen molar-refractivity contribution in [3.63, 3.8) is 0 Å². The second-order valence-corrected chi connectivity index (χ2v) is 6.62. The van der Waals surface area contributed by atoms with Crippen molar-refractivity contribution in [1.29, 1.82) is 0 Å². The van der Waals surface area contributed by atoms with Crippen LogP contribution in [0.1, 0.15) is 20.8 Å². The van der Waals surface area contributed by atoms with E-state index >= 15 is 0 Å². The number of nitrogens with zero attached hydrogens (tertiary/aromatic N) is 3. The zero-order valence-corrected chi connectivity index (χ0v) is 14.9. The van der Waals surface area contributed by atoms with Crippen molar-refractivity contribution in [2.45, 2.75) is 32.4 Å². The molecule has 1 aliphatic heterocycles. The summed E-state index contributed by atoms with van der Waals surface area (Å²) >= 11 is 1.12. The molecule has 2 heterocycles. The number of aliphatic hydroxyl groups is 1. The predicted molar refractivity (Wildman–Crippen MR) is 89.4 cm³/mol. The van der Waals surface area contributed by atoms with Gasteiger partial charge in [0.15, 0.2) is 0 Å². The number of halogens is 1. The third-order valence-electron chi connectivity index (χ3n) is 3.03. The van der Waals surface area contributed by atoms with Gasteiger partial charge in [0.1, 0.15) is 12.7 Å². The monoisotopic (exact) mass is 352 g/mol. The van der Waals surface area contributed by atoms with Crippen LogP contribution in [-0.2, 0) is 4.74 Å². The molecule has 0 spiro atoms. The first-order valence-corrected chi connectivity index (χ1v) is 7.90. The van der Waals surface area contributed by atoms with Crippen LogP contribution in [0.5, 0.6) is 5.88 Å². The Kier molecular flexibility index (Phi) is 7.78. The van der Waals surface area contributed by atoms with Crippen LogP contribution in [0.15, 0.2) is 0 Å². The van der Waals surface area contributed by atoms with Gasteiger partial charge in [0.2, 0.25) is 5.82 Å². The van der Waals surface area contributed by atoms with Gasteiger partial charge in [-0.05, 0) is 20.8 Å². The summed E-state index contributed by atoms with van der Waals surface area (Å²) in [5, 5.41) is 13.2. The molecule has 1 fully saturated rings. The first-order chi connectivity index (χ1) is 9.96. The molecule has 1 aromatic heterocycles. The fraction of sp³-hybridized carbons (Fsp3) is 0.846. The molecular formula is C13H25ClN4O3S. The lowest BCUT2D eigenvalue weighted by molar-refractivity contribution is 0.0975. The Labute approximate surface area is 141 Å². The molecule has 2 rings (SSSR count). The van der Waals surface area contributed by atoms with E-state index in [1.807, 2.05) is 0 Å². The zero-order valence-electron chi connectivity index (χ0n) is 13.2. The largest absolute Gasteiger partial charge is 0.472 e. The summed E-state index contributed by atoms with van der Waals surface area (Å²) in [6, 6.07) is 0. The Balaban J connectivity index is 0.00000242. The number of hydrogen-bond donors (Lipinski definition) is 2. The van der Waals surface area contributed by atoms with Crippen molar-refractivity contribution in [3.8, 4) is 5.88 Å². The maximum atomic E-state index is 9.95. The number of hydrogen-bond acceptors (Lipinski definition) is 8. The summed E-state index contributed by atoms with van der Waals surface area (Å²) in [6.07, 6.45) is -0.580. The number of morpholine rings is 1. The smallest absolute Gasteiger partial charge is 0.270 e. The molecule has 1 atom stereocenters. The molecule has 0 amide bonds. The Morgan fingerprint density at radius 2 is 2.05 bits per heavy atom. The fourth-order valence-electron chi connectivity index (χ4n) is 1.89. The lowest BCUT2D eigenvalue weighted by atomic mass is 10.1. The summed E-state index contributed by atoms with van der Waals surface area (Å²) in [7, 11) is 0. The predicted octanol–water partition coefficient (Wildman–Crippen LogP) is 0.924. The zero-order chi connectivity index (χ0) is 15.3. The minimum Gasteiger partial charge on any atom is -0.472 e. The van der Waals surface area contributed by atoms with E-state index in [-0.39, 0.29) is 24.6 Å². The first kappa shape index (κ1) is 19.4. The number of aliphatic hydroxyl groups excluding tert-OH is 1. The summed E-state index contributed by atoms with van der Waals surface area (Å²) in [5.74, 6) is 1.25. The Morgan fingerprint density at radius 1 is 1.36 bits per heavy atom. The van der Waals surface area contributed by atoms with Crippen molar-refractivity contribution in [1.82, 2.24) is 14.1 Å². The molecule has 2 N–H and O–H groups in total. The lowest BCUT2D eigenvalue weighted by Gasteiger charge is -2.27. The summed E-state index contributed by atoms with van der Waals surface area (Å²) < 4.78 is 19.4. The molecule has 0 bridgehead atoms. The van der Waals surface area contributed by atoms with Gasteiger partial charge in [0.05, 0.1) is 24.9 Å². The van der Waals surface area contributed by atoms with Gasteiger partial charge < -0.3 is 24.8 Å². The number of aromatic nitrogens is 2. The van der Waals surface area contributed by atoms with Gasteiger partial charge in [-0.15, -0.1) is 16.8 Å². The molecule has 0 aromatic carbocycles. The molecule has 1 saturated heterocycles. The molecule has 0 aliphatic carbocycles. The highest BCUT2D eigenvalue weighted by Crippen LogP contribution is 2.26. The Morgan fingerprint density at radius 3 is 2.68 bits per heavy atom. The SMILES string of the molecule is CC(C)(C)NC[C@H](O)COc1nsnc1N1CCOCC1.Cl. The molecular weight excluding hydrogens is 328 g/mol. The standard InChI is InChI=1S/C13H24N4O3S.ClH/c1-13(2,3)14-8-10(18)9-20-12-11(15-21-16-12)17-4-6-19-7-5-17;/h10,14,18H,4-9H2,1-3H3;1H/t10-;/m0./s1. The minimum absolute atomic E-state index is 0. The minimum atomic E-state index is -0.580. The van der Waals surface area contributed by atoms with Crippen molar-refractivity contribution in [3.05, 3.63) is 0 Å². The maximum absolute atomic E-state index is 9.95. The summed E-state index contributed by atoms with van der Waals surface area (Å²) in [5.41, 5.74) is -0.0257. The fourth-order valence-corrected chi connectivity index (χ4v) is 2.41. The first-order valence-electron chi connectivity index (χ1n) is 7.17. The second kappa shape index (κ2) is 8.83. The van der Waals surface area contributed by atoms with E-state index in [1.165, 1.54) is 0 Å². The second-order valence-electron chi connectivity index (χ2n) is 6.09. The number of anilines is 1. The summed E-state index contributed by atoms with van der Waals surface area (Å²) in [6.45, 7) is 9.81. The molecule has 7 nitrogen and oxygen atoms in total. The van der Waals surface area contributed by atoms with Crippen molar-refractivity contribution in [2.24, 2.45) is 0 Å². The van der Waals surface area contributed by atoms with Crippen LogP contribution < -0.4 is 15.0 Å². The topological polar surface area (TPSA) is 79.7 Å². The average molecular weight is 353 g/mol. The van der Waals surface area contributed by atoms with Gasteiger partial charge in [-0.3, -0.25) is 0 Å². The van der Waals surface area contributed by atoms with E-state index in [4.69, 9.17) is 9.47 Å². The molecule has 22 heavy (non-hydrogen) atoms. The van der Waals surface area contributed by atoms with Crippen molar-refractivity contribution in [2.75, 3.05) is 44.4 Å². The van der Waals surface area contributed by atoms with E-state index < -0.39 is 6.10 Å². The van der Waals surface area contributed by atoms with Gasteiger partial charge >= 0.3 is 0 Å². The number of rotatable bonds is 6. The van der Waals surface area contributed by atoms with Gasteiger partial charge in [-0.2, -0.15) is 4.37 Å². The lowest BCUT2D eigenvalue weighted by Crippen LogP contribution is -2.42. The van der Waals surface area contributed by atoms with Crippen LogP contribution in [0.25, 0.3) is 0 Å². The van der Waals surface area contributed by atoms with E-state index in [1.54, 1.807) is 0 Å². The van der Waals surface area contributed by atoms with Crippen LogP contribution in [0, 0.1) is 0 Å². The molecule has 0 radical (unpaired) electrons. The van der Waals surface area contributed by atoms with Gasteiger partial charge in [-0.25, -0.2) is 0 Å². The van der Waals surface area contributed by atoms with Gasteiger partial charge in [-0.1, -0.05) is 0 Å². The van der Waals surface area contributed by atoms with Crippen LogP contribution >= 0.6 is 24.1 Å². The van der Waals surface area contributed by atoms with Gasteiger partial charge in [0, 0.05) is 25.2 Å². The molecule has 0 unspecified atom stereocenters. The Bertz CT molecular complexity index is 435. The molecule has 1 aromatic rings.